The van der Waals surface area contributed by atoms with Gasteiger partial charge in [0.05, 0.1) is 5.71 Å². The average molecular weight is 421 g/mol. The van der Waals surface area contributed by atoms with Crippen molar-refractivity contribution in [2.45, 2.75) is 12.4 Å². The van der Waals surface area contributed by atoms with Crippen LogP contribution in [0.15, 0.2) is 53.6 Å². The van der Waals surface area contributed by atoms with Gasteiger partial charge in [-0.05, 0) is 36.4 Å². The Kier molecular flexibility index (Phi) is 6.11. The summed E-state index contributed by atoms with van der Waals surface area (Å²) < 4.78 is 63.2. The predicted octanol–water partition coefficient (Wildman–Crippen LogP) is 3.46. The van der Waals surface area contributed by atoms with Crippen LogP contribution in [0.4, 0.5) is 13.2 Å². The van der Waals surface area contributed by atoms with Gasteiger partial charge in [0.15, 0.2) is 0 Å². The number of hydrogen-bond donors (Lipinski definition) is 1. The maximum Gasteiger partial charge on any atom is 0.534 e. The molecule has 144 valence electrons. The summed E-state index contributed by atoms with van der Waals surface area (Å²) in [7, 11) is -5.76. The third-order valence-corrected chi connectivity index (χ3v) is 4.29. The lowest BCUT2D eigenvalue weighted by molar-refractivity contribution is -0.118. The number of amides is 1. The molecule has 2 aromatic rings. The van der Waals surface area contributed by atoms with Crippen molar-refractivity contribution in [3.05, 3.63) is 64.7 Å². The van der Waals surface area contributed by atoms with Gasteiger partial charge in [-0.3, -0.25) is 4.79 Å². The van der Waals surface area contributed by atoms with E-state index in [-0.39, 0.29) is 5.71 Å². The molecule has 0 aliphatic heterocycles. The largest absolute Gasteiger partial charge is 0.534 e. The van der Waals surface area contributed by atoms with E-state index < -0.39 is 27.3 Å². The van der Waals surface area contributed by atoms with Gasteiger partial charge < -0.3 is 4.18 Å². The van der Waals surface area contributed by atoms with Crippen LogP contribution < -0.4 is 9.61 Å². The monoisotopic (exact) mass is 420 g/mol. The zero-order chi connectivity index (χ0) is 20.2. The molecule has 1 amide bonds. The normalized spacial score (nSPS) is 12.6. The SMILES string of the molecule is CC(=O)NN=C(c1ccc(Cl)cc1)c1ccc(OS(=O)(=O)C(F)(F)F)cc1. The molecule has 1 N–H and O–H groups in total. The van der Waals surface area contributed by atoms with E-state index in [1.807, 2.05) is 0 Å². The highest BCUT2D eigenvalue weighted by molar-refractivity contribution is 7.88. The van der Waals surface area contributed by atoms with Crippen LogP contribution in [-0.2, 0) is 14.9 Å². The lowest BCUT2D eigenvalue weighted by Gasteiger charge is -2.11. The molecule has 0 fully saturated rings. The van der Waals surface area contributed by atoms with Crippen molar-refractivity contribution < 1.29 is 30.6 Å². The Morgan fingerprint density at radius 3 is 1.96 bits per heavy atom. The number of nitrogens with zero attached hydrogens (tertiary/aromatic N) is 1. The summed E-state index contributed by atoms with van der Waals surface area (Å²) in [6.45, 7) is 1.25. The minimum Gasteiger partial charge on any atom is -0.376 e. The van der Waals surface area contributed by atoms with Crippen molar-refractivity contribution >= 4 is 33.3 Å². The smallest absolute Gasteiger partial charge is 0.376 e. The van der Waals surface area contributed by atoms with E-state index in [1.165, 1.54) is 19.1 Å². The molecule has 0 saturated carbocycles. The molecule has 11 heteroatoms. The molecular formula is C16H12ClF3N2O4S. The summed E-state index contributed by atoms with van der Waals surface area (Å²) in [6.07, 6.45) is 0. The van der Waals surface area contributed by atoms with Gasteiger partial charge >= 0.3 is 15.6 Å². The standard InChI is InChI=1S/C16H12ClF3N2O4S/c1-10(23)21-22-15(11-2-6-13(17)7-3-11)12-4-8-14(9-5-12)26-27(24,25)16(18,19)20/h2-9H,1H3,(H,21,23). The first kappa shape index (κ1) is 20.7. The van der Waals surface area contributed by atoms with Crippen molar-refractivity contribution in [2.24, 2.45) is 5.10 Å². The Hall–Kier alpha value is -2.59. The molecule has 0 atom stereocenters. The lowest BCUT2D eigenvalue weighted by atomic mass is 10.0. The van der Waals surface area contributed by atoms with E-state index in [4.69, 9.17) is 11.6 Å². The Morgan fingerprint density at radius 2 is 1.52 bits per heavy atom. The van der Waals surface area contributed by atoms with Gasteiger partial charge in [-0.2, -0.15) is 26.7 Å². The molecule has 6 nitrogen and oxygen atoms in total. The molecule has 0 aliphatic rings. The number of hydrogen-bond acceptors (Lipinski definition) is 5. The van der Waals surface area contributed by atoms with Crippen LogP contribution in [0.3, 0.4) is 0 Å². The van der Waals surface area contributed by atoms with Crippen molar-refractivity contribution in [1.82, 2.24) is 5.43 Å². The van der Waals surface area contributed by atoms with Gasteiger partial charge in [0, 0.05) is 23.1 Å². The first-order chi connectivity index (χ1) is 12.5. The number of nitrogens with one attached hydrogen (secondary N) is 1. The van der Waals surface area contributed by atoms with Crippen molar-refractivity contribution in [1.29, 1.82) is 0 Å². The van der Waals surface area contributed by atoms with Crippen LogP contribution in [0.1, 0.15) is 18.1 Å². The van der Waals surface area contributed by atoms with E-state index in [2.05, 4.69) is 14.7 Å². The molecule has 2 rings (SSSR count). The highest BCUT2D eigenvalue weighted by Gasteiger charge is 2.48. The summed E-state index contributed by atoms with van der Waals surface area (Å²) in [4.78, 5) is 11.1. The number of carbonyl (C=O) groups excluding carboxylic acids is 1. The summed E-state index contributed by atoms with van der Waals surface area (Å²) >= 11 is 5.83. The lowest BCUT2D eigenvalue weighted by Crippen LogP contribution is -2.28. The number of benzene rings is 2. The second-order valence-corrected chi connectivity index (χ2v) is 7.12. The fourth-order valence-electron chi connectivity index (χ4n) is 1.88. The van der Waals surface area contributed by atoms with E-state index in [0.29, 0.717) is 16.1 Å². The number of alkyl halides is 3. The minimum absolute atomic E-state index is 0.284. The molecule has 0 unspecified atom stereocenters. The van der Waals surface area contributed by atoms with Crippen molar-refractivity contribution in [3.63, 3.8) is 0 Å². The van der Waals surface area contributed by atoms with Crippen molar-refractivity contribution in [2.75, 3.05) is 0 Å². The van der Waals surface area contributed by atoms with Gasteiger partial charge in [-0.25, -0.2) is 5.43 Å². The fourth-order valence-corrected chi connectivity index (χ4v) is 2.47. The van der Waals surface area contributed by atoms with Crippen molar-refractivity contribution in [3.8, 4) is 5.75 Å². The number of hydrazone groups is 1. The summed E-state index contributed by atoms with van der Waals surface area (Å²) in [5.74, 6) is -0.955. The highest BCUT2D eigenvalue weighted by atomic mass is 35.5. The molecule has 0 spiro atoms. The molecular weight excluding hydrogens is 409 g/mol. The second-order valence-electron chi connectivity index (χ2n) is 5.14. The topological polar surface area (TPSA) is 84.8 Å². The molecule has 0 aromatic heterocycles. The van der Waals surface area contributed by atoms with E-state index in [9.17, 15) is 26.4 Å². The Balaban J connectivity index is 2.36. The van der Waals surface area contributed by atoms with Crippen LogP contribution >= 0.6 is 11.6 Å². The zero-order valence-electron chi connectivity index (χ0n) is 13.6. The third-order valence-electron chi connectivity index (χ3n) is 3.06. The quantitative estimate of drug-likeness (QED) is 0.347. The van der Waals surface area contributed by atoms with Gasteiger partial charge in [0.1, 0.15) is 5.75 Å². The second kappa shape index (κ2) is 7.97. The molecule has 0 radical (unpaired) electrons. The Bertz CT molecular complexity index is 957. The minimum atomic E-state index is -5.76. The molecule has 27 heavy (non-hydrogen) atoms. The van der Waals surface area contributed by atoms with Crippen LogP contribution in [0.2, 0.25) is 5.02 Å². The van der Waals surface area contributed by atoms with Crippen LogP contribution in [0, 0.1) is 0 Å². The fraction of sp³-hybridized carbons (Fsp3) is 0.125. The van der Waals surface area contributed by atoms with E-state index >= 15 is 0 Å². The molecule has 0 aliphatic carbocycles. The van der Waals surface area contributed by atoms with E-state index in [1.54, 1.807) is 24.3 Å². The maximum absolute atomic E-state index is 12.4. The molecule has 0 bridgehead atoms. The van der Waals surface area contributed by atoms with Crippen LogP contribution in [0.25, 0.3) is 0 Å². The predicted molar refractivity (Wildman–Crippen MR) is 93.0 cm³/mol. The number of carbonyl (C=O) groups is 1. The van der Waals surface area contributed by atoms with Gasteiger partial charge in [0.2, 0.25) is 5.91 Å². The first-order valence-electron chi connectivity index (χ1n) is 7.21. The van der Waals surface area contributed by atoms with Gasteiger partial charge in [0.25, 0.3) is 0 Å². The number of halogens is 4. The Morgan fingerprint density at radius 1 is 1.04 bits per heavy atom. The summed E-state index contributed by atoms with van der Waals surface area (Å²) in [5, 5.41) is 4.44. The summed E-state index contributed by atoms with van der Waals surface area (Å²) in [5.41, 5.74) is -2.03. The number of rotatable bonds is 5. The average Bonchev–Trinajstić information content (AvgIpc) is 2.56. The van der Waals surface area contributed by atoms with Crippen LogP contribution in [0.5, 0.6) is 5.75 Å². The molecule has 0 heterocycles. The van der Waals surface area contributed by atoms with Gasteiger partial charge in [-0.1, -0.05) is 23.7 Å². The van der Waals surface area contributed by atoms with Crippen LogP contribution in [-0.4, -0.2) is 25.5 Å². The first-order valence-corrected chi connectivity index (χ1v) is 8.99. The zero-order valence-corrected chi connectivity index (χ0v) is 15.2. The maximum atomic E-state index is 12.4. The Labute approximate surface area is 157 Å². The molecule has 2 aromatic carbocycles. The highest BCUT2D eigenvalue weighted by Crippen LogP contribution is 2.27. The third kappa shape index (κ3) is 5.44. The summed E-state index contributed by atoms with van der Waals surface area (Å²) in [6, 6.07) is 11.1. The molecule has 0 saturated heterocycles. The van der Waals surface area contributed by atoms with Gasteiger partial charge in [-0.15, -0.1) is 0 Å². The van der Waals surface area contributed by atoms with E-state index in [0.717, 1.165) is 12.1 Å².